The first kappa shape index (κ1) is 21.8. The first-order valence-electron chi connectivity index (χ1n) is 10.1. The van der Waals surface area contributed by atoms with Gasteiger partial charge in [0.25, 0.3) is 0 Å². The molecule has 1 aromatic heterocycles. The molecule has 0 bridgehead atoms. The zero-order valence-corrected chi connectivity index (χ0v) is 18.8. The summed E-state index contributed by atoms with van der Waals surface area (Å²) in [7, 11) is 1.37. The number of nitrogens with zero attached hydrogens (tertiary/aromatic N) is 2. The van der Waals surface area contributed by atoms with Crippen molar-refractivity contribution in [3.8, 4) is 0 Å². The van der Waals surface area contributed by atoms with Crippen LogP contribution in [-0.4, -0.2) is 22.9 Å². The maximum Gasteiger partial charge on any atom is 0.337 e. The molecule has 0 aliphatic carbocycles. The third kappa shape index (κ3) is 4.30. The molecule has 0 saturated carbocycles. The van der Waals surface area contributed by atoms with Gasteiger partial charge in [-0.15, -0.1) is 0 Å². The lowest BCUT2D eigenvalue weighted by Gasteiger charge is -2.08. The van der Waals surface area contributed by atoms with Crippen LogP contribution in [0.4, 0.5) is 4.39 Å². The van der Waals surface area contributed by atoms with Crippen molar-refractivity contribution in [1.29, 1.82) is 0 Å². The van der Waals surface area contributed by atoms with Gasteiger partial charge < -0.3 is 4.74 Å². The van der Waals surface area contributed by atoms with Crippen LogP contribution in [0.2, 0.25) is 5.02 Å². The van der Waals surface area contributed by atoms with E-state index in [4.69, 9.17) is 21.4 Å². The van der Waals surface area contributed by atoms with Gasteiger partial charge in [0.15, 0.2) is 0 Å². The molecule has 4 nitrogen and oxygen atoms in total. The van der Waals surface area contributed by atoms with Crippen LogP contribution in [-0.2, 0) is 11.3 Å². The Hall–Kier alpha value is -3.44. The zero-order valence-electron chi connectivity index (χ0n) is 18.0. The van der Waals surface area contributed by atoms with Crippen molar-refractivity contribution in [2.75, 3.05) is 7.11 Å². The quantitative estimate of drug-likeness (QED) is 0.322. The third-order valence-electron chi connectivity index (χ3n) is 5.62. The lowest BCUT2D eigenvalue weighted by Crippen LogP contribution is -2.02. The second kappa shape index (κ2) is 8.97. The van der Waals surface area contributed by atoms with Crippen molar-refractivity contribution in [3.05, 3.63) is 100.0 Å². The van der Waals surface area contributed by atoms with Gasteiger partial charge in [-0.25, -0.2) is 9.18 Å². The van der Waals surface area contributed by atoms with Crippen LogP contribution in [0, 0.1) is 5.82 Å². The number of aromatic nitrogens is 2. The fraction of sp³-hybridized carbons (Fsp3) is 0.154. The molecule has 1 heterocycles. The summed E-state index contributed by atoms with van der Waals surface area (Å²) in [5.41, 5.74) is 6.26. The molecular weight excluding hydrogens is 427 g/mol. The first-order valence-corrected chi connectivity index (χ1v) is 10.5. The summed E-state index contributed by atoms with van der Waals surface area (Å²) in [6, 6.07) is 19.4. The van der Waals surface area contributed by atoms with E-state index in [0.29, 0.717) is 17.1 Å². The smallest absolute Gasteiger partial charge is 0.337 e. The number of hydrogen-bond donors (Lipinski definition) is 0. The van der Waals surface area contributed by atoms with E-state index in [9.17, 15) is 9.18 Å². The molecule has 0 aliphatic rings. The second-order valence-corrected chi connectivity index (χ2v) is 8.05. The first-order chi connectivity index (χ1) is 15.4. The van der Waals surface area contributed by atoms with Gasteiger partial charge in [0.05, 0.1) is 30.4 Å². The maximum absolute atomic E-state index is 13.3. The van der Waals surface area contributed by atoms with Gasteiger partial charge >= 0.3 is 5.97 Å². The van der Waals surface area contributed by atoms with E-state index in [0.717, 1.165) is 38.9 Å². The average Bonchev–Trinajstić information content (AvgIpc) is 3.16. The Balaban J connectivity index is 1.77. The number of carbonyl (C=O) groups is 1. The van der Waals surface area contributed by atoms with Crippen LogP contribution in [0.1, 0.15) is 41.0 Å². The maximum atomic E-state index is 13.3. The van der Waals surface area contributed by atoms with E-state index < -0.39 is 0 Å². The molecule has 0 amide bonds. The molecule has 0 atom stereocenters. The molecule has 0 N–H and O–H groups in total. The van der Waals surface area contributed by atoms with Crippen LogP contribution in [0.15, 0.2) is 66.7 Å². The highest BCUT2D eigenvalue weighted by Crippen LogP contribution is 2.32. The topological polar surface area (TPSA) is 44.1 Å². The third-order valence-corrected chi connectivity index (χ3v) is 5.85. The Kier molecular flexibility index (Phi) is 6.10. The number of halogens is 2. The Morgan fingerprint density at radius 1 is 0.969 bits per heavy atom. The predicted octanol–water partition coefficient (Wildman–Crippen LogP) is 6.61. The monoisotopic (exact) mass is 448 g/mol. The fourth-order valence-corrected chi connectivity index (χ4v) is 3.84. The highest BCUT2D eigenvalue weighted by molar-refractivity contribution is 6.31. The number of esters is 1. The summed E-state index contributed by atoms with van der Waals surface area (Å²) in [6.45, 7) is 4.56. The predicted molar refractivity (Wildman–Crippen MR) is 126 cm³/mol. The largest absolute Gasteiger partial charge is 0.465 e. The van der Waals surface area contributed by atoms with E-state index >= 15 is 0 Å². The average molecular weight is 449 g/mol. The summed E-state index contributed by atoms with van der Waals surface area (Å²) >= 11 is 6.27. The van der Waals surface area contributed by atoms with Gasteiger partial charge in [0.1, 0.15) is 5.82 Å². The van der Waals surface area contributed by atoms with Gasteiger partial charge in [-0.2, -0.15) is 5.10 Å². The van der Waals surface area contributed by atoms with E-state index in [1.165, 1.54) is 19.2 Å². The van der Waals surface area contributed by atoms with E-state index in [-0.39, 0.29) is 11.8 Å². The molecule has 3 aromatic carbocycles. The Labute approximate surface area is 190 Å². The number of carbonyl (C=O) groups excluding carboxylic acids is 1. The van der Waals surface area contributed by atoms with E-state index in [1.807, 2.05) is 48.9 Å². The van der Waals surface area contributed by atoms with Gasteiger partial charge in [-0.1, -0.05) is 35.9 Å². The summed E-state index contributed by atoms with van der Waals surface area (Å²) < 4.78 is 20.0. The Morgan fingerprint density at radius 3 is 2.28 bits per heavy atom. The lowest BCUT2D eigenvalue weighted by atomic mass is 9.98. The van der Waals surface area contributed by atoms with Crippen molar-refractivity contribution in [1.82, 2.24) is 9.78 Å². The molecule has 4 rings (SSSR count). The molecule has 32 heavy (non-hydrogen) atoms. The number of rotatable bonds is 5. The van der Waals surface area contributed by atoms with Gasteiger partial charge in [-0.05, 0) is 78.6 Å². The molecule has 0 saturated heterocycles. The van der Waals surface area contributed by atoms with Crippen LogP contribution >= 0.6 is 11.6 Å². The van der Waals surface area contributed by atoms with E-state index in [1.54, 1.807) is 24.3 Å². The van der Waals surface area contributed by atoms with Crippen LogP contribution in [0.3, 0.4) is 0 Å². The standard InChI is InChI=1S/C26H22ClFN2O2/c1-16(19-6-8-20(9-7-19)26(31)32-3)17(2)25-23-13-10-21(27)14-24(23)30(29-25)15-18-4-11-22(28)12-5-18/h4-14H,15H2,1-3H3/b17-16+. The molecule has 0 aliphatic heterocycles. The molecule has 0 unspecified atom stereocenters. The minimum Gasteiger partial charge on any atom is -0.465 e. The van der Waals surface area contributed by atoms with Crippen molar-refractivity contribution >= 4 is 39.6 Å². The summed E-state index contributed by atoms with van der Waals surface area (Å²) in [5.74, 6) is -0.632. The molecular formula is C26H22ClFN2O2. The van der Waals surface area contributed by atoms with Gasteiger partial charge in [0, 0.05) is 10.4 Å². The number of methoxy groups -OCH3 is 1. The summed E-state index contributed by atoms with van der Waals surface area (Å²) in [5, 5.41) is 6.50. The van der Waals surface area contributed by atoms with Crippen molar-refractivity contribution in [2.24, 2.45) is 0 Å². The minimum absolute atomic E-state index is 0.268. The molecule has 6 heteroatoms. The molecule has 162 valence electrons. The minimum atomic E-state index is -0.364. The molecule has 0 fully saturated rings. The highest BCUT2D eigenvalue weighted by Gasteiger charge is 2.15. The summed E-state index contributed by atoms with van der Waals surface area (Å²) in [6.07, 6.45) is 0. The van der Waals surface area contributed by atoms with Crippen molar-refractivity contribution < 1.29 is 13.9 Å². The zero-order chi connectivity index (χ0) is 22.8. The molecule has 0 radical (unpaired) electrons. The fourth-order valence-electron chi connectivity index (χ4n) is 3.68. The van der Waals surface area contributed by atoms with Crippen molar-refractivity contribution in [2.45, 2.75) is 20.4 Å². The van der Waals surface area contributed by atoms with Crippen LogP contribution in [0.5, 0.6) is 0 Å². The lowest BCUT2D eigenvalue weighted by molar-refractivity contribution is 0.0600. The van der Waals surface area contributed by atoms with Crippen LogP contribution < -0.4 is 0 Å². The van der Waals surface area contributed by atoms with Gasteiger partial charge in [0.2, 0.25) is 0 Å². The Bertz CT molecular complexity index is 1320. The number of benzene rings is 3. The number of allylic oxidation sites excluding steroid dienone is 2. The van der Waals surface area contributed by atoms with Crippen LogP contribution in [0.25, 0.3) is 22.0 Å². The molecule has 4 aromatic rings. The van der Waals surface area contributed by atoms with Crippen molar-refractivity contribution in [3.63, 3.8) is 0 Å². The van der Waals surface area contributed by atoms with Gasteiger partial charge in [-0.3, -0.25) is 4.68 Å². The number of hydrogen-bond acceptors (Lipinski definition) is 3. The number of ether oxygens (including phenoxy) is 1. The Morgan fingerprint density at radius 2 is 1.62 bits per heavy atom. The van der Waals surface area contributed by atoms with E-state index in [2.05, 4.69) is 0 Å². The second-order valence-electron chi connectivity index (χ2n) is 7.61. The normalized spacial score (nSPS) is 12.0. The highest BCUT2D eigenvalue weighted by atomic mass is 35.5. The number of fused-ring (bicyclic) bond motifs is 1. The molecule has 0 spiro atoms. The SMILES string of the molecule is COC(=O)c1ccc(/C(C)=C(\C)c2nn(Cc3ccc(F)cc3)c3cc(Cl)ccc23)cc1. The summed E-state index contributed by atoms with van der Waals surface area (Å²) in [4.78, 5) is 11.7.